The fourth-order valence-electron chi connectivity index (χ4n) is 3.92. The molecule has 0 saturated heterocycles. The molecule has 2 amide bonds. The number of aryl methyl sites for hydroxylation is 3. The lowest BCUT2D eigenvalue weighted by molar-refractivity contribution is -0.120. The average Bonchev–Trinajstić information content (AvgIpc) is 3.03. The first-order valence-corrected chi connectivity index (χ1v) is 10.9. The average molecular weight is 445 g/mol. The molecule has 32 heavy (non-hydrogen) atoms. The van der Waals surface area contributed by atoms with Crippen LogP contribution in [0.1, 0.15) is 27.8 Å². The molecular formula is C27H25ClN2O2. The van der Waals surface area contributed by atoms with E-state index in [-0.39, 0.29) is 11.8 Å². The number of likely N-dealkylation sites (N-methyl/N-ethyl adjacent to an activating group) is 1. The van der Waals surface area contributed by atoms with Crippen molar-refractivity contribution in [3.63, 3.8) is 0 Å². The van der Waals surface area contributed by atoms with Crippen LogP contribution < -0.4 is 4.90 Å². The maximum atomic E-state index is 13.7. The normalized spacial score (nSPS) is 13.8. The predicted molar refractivity (Wildman–Crippen MR) is 129 cm³/mol. The fourth-order valence-corrected chi connectivity index (χ4v) is 4.10. The van der Waals surface area contributed by atoms with Crippen LogP contribution in [-0.2, 0) is 16.1 Å². The van der Waals surface area contributed by atoms with Gasteiger partial charge in [-0.15, -0.1) is 0 Å². The molecule has 0 aromatic heterocycles. The number of carbonyl (C=O) groups is 2. The third-order valence-electron chi connectivity index (χ3n) is 5.91. The van der Waals surface area contributed by atoms with Gasteiger partial charge >= 0.3 is 0 Å². The summed E-state index contributed by atoms with van der Waals surface area (Å²) in [5, 5.41) is 0.516. The van der Waals surface area contributed by atoms with Crippen molar-refractivity contribution in [3.8, 4) is 0 Å². The van der Waals surface area contributed by atoms with E-state index >= 15 is 0 Å². The van der Waals surface area contributed by atoms with Gasteiger partial charge in [-0.25, -0.2) is 4.90 Å². The summed E-state index contributed by atoms with van der Waals surface area (Å²) in [5.74, 6) is -0.685. The highest BCUT2D eigenvalue weighted by Crippen LogP contribution is 2.36. The minimum Gasteiger partial charge on any atom is -0.365 e. The Bertz CT molecular complexity index is 1250. The molecule has 1 aliphatic rings. The Morgan fingerprint density at radius 3 is 2.16 bits per heavy atom. The zero-order chi connectivity index (χ0) is 23.0. The molecular weight excluding hydrogens is 420 g/mol. The lowest BCUT2D eigenvalue weighted by Crippen LogP contribution is -2.34. The maximum Gasteiger partial charge on any atom is 0.282 e. The van der Waals surface area contributed by atoms with Gasteiger partial charge in [0.05, 0.1) is 11.3 Å². The van der Waals surface area contributed by atoms with Crippen molar-refractivity contribution in [2.24, 2.45) is 0 Å². The topological polar surface area (TPSA) is 40.6 Å². The van der Waals surface area contributed by atoms with E-state index in [1.54, 1.807) is 12.1 Å². The van der Waals surface area contributed by atoms with Crippen LogP contribution in [0.5, 0.6) is 0 Å². The Labute approximate surface area is 193 Å². The first-order valence-electron chi connectivity index (χ1n) is 10.5. The lowest BCUT2D eigenvalue weighted by atomic mass is 9.99. The molecule has 3 aromatic carbocycles. The third kappa shape index (κ3) is 3.94. The SMILES string of the molecule is Cc1ccc(C2=C(N(C)Cc3ccccc3)C(=O)N(c3ccc(C)c(Cl)c3)C2=O)cc1C. The van der Waals surface area contributed by atoms with Crippen molar-refractivity contribution in [2.45, 2.75) is 27.3 Å². The van der Waals surface area contributed by atoms with Crippen LogP contribution in [0.3, 0.4) is 0 Å². The second-order valence-corrected chi connectivity index (χ2v) is 8.65. The number of rotatable bonds is 5. The summed E-state index contributed by atoms with van der Waals surface area (Å²) in [7, 11) is 1.85. The second-order valence-electron chi connectivity index (χ2n) is 8.24. The van der Waals surface area contributed by atoms with E-state index in [0.717, 1.165) is 27.8 Å². The summed E-state index contributed by atoms with van der Waals surface area (Å²) < 4.78 is 0. The van der Waals surface area contributed by atoms with Crippen molar-refractivity contribution in [2.75, 3.05) is 11.9 Å². The van der Waals surface area contributed by atoms with E-state index in [1.165, 1.54) is 4.90 Å². The summed E-state index contributed by atoms with van der Waals surface area (Å²) in [6.45, 7) is 6.42. The molecule has 0 spiro atoms. The molecule has 0 saturated carbocycles. The fraction of sp³-hybridized carbons (Fsp3) is 0.185. The van der Waals surface area contributed by atoms with E-state index < -0.39 is 0 Å². The number of halogens is 1. The number of anilines is 1. The Morgan fingerprint density at radius 1 is 0.812 bits per heavy atom. The maximum absolute atomic E-state index is 13.7. The van der Waals surface area contributed by atoms with E-state index in [2.05, 4.69) is 0 Å². The van der Waals surface area contributed by atoms with Crippen molar-refractivity contribution < 1.29 is 9.59 Å². The van der Waals surface area contributed by atoms with Gasteiger partial charge in [-0.1, -0.05) is 66.2 Å². The summed E-state index contributed by atoms with van der Waals surface area (Å²) >= 11 is 6.31. The van der Waals surface area contributed by atoms with Gasteiger partial charge in [-0.2, -0.15) is 0 Å². The zero-order valence-corrected chi connectivity index (χ0v) is 19.4. The third-order valence-corrected chi connectivity index (χ3v) is 6.32. The predicted octanol–water partition coefficient (Wildman–Crippen LogP) is 5.68. The Hall–Kier alpha value is -3.37. The van der Waals surface area contributed by atoms with Crippen LogP contribution in [0.15, 0.2) is 72.4 Å². The molecule has 0 unspecified atom stereocenters. The smallest absolute Gasteiger partial charge is 0.282 e. The van der Waals surface area contributed by atoms with Crippen LogP contribution in [0.25, 0.3) is 5.57 Å². The van der Waals surface area contributed by atoms with Crippen molar-refractivity contribution in [3.05, 3.63) is 105 Å². The molecule has 0 N–H and O–H groups in total. The number of nitrogens with zero attached hydrogens (tertiary/aromatic N) is 2. The number of hydrogen-bond donors (Lipinski definition) is 0. The van der Waals surface area contributed by atoms with Crippen molar-refractivity contribution >= 4 is 34.7 Å². The number of benzene rings is 3. The molecule has 4 rings (SSSR count). The minimum absolute atomic E-state index is 0.340. The van der Waals surface area contributed by atoms with E-state index in [9.17, 15) is 9.59 Å². The number of imide groups is 1. The van der Waals surface area contributed by atoms with Gasteiger partial charge in [0.15, 0.2) is 0 Å². The largest absolute Gasteiger partial charge is 0.365 e. The Morgan fingerprint density at radius 2 is 1.50 bits per heavy atom. The molecule has 0 fully saturated rings. The summed E-state index contributed by atoms with van der Waals surface area (Å²) in [5.41, 5.74) is 6.15. The number of hydrogen-bond acceptors (Lipinski definition) is 3. The van der Waals surface area contributed by atoms with Gasteiger partial charge in [0, 0.05) is 18.6 Å². The first kappa shape index (κ1) is 21.8. The molecule has 0 aliphatic carbocycles. The molecule has 0 atom stereocenters. The molecule has 3 aromatic rings. The quantitative estimate of drug-likeness (QED) is 0.475. The number of carbonyl (C=O) groups excluding carboxylic acids is 2. The molecule has 1 aliphatic heterocycles. The second kappa shape index (κ2) is 8.64. The summed E-state index contributed by atoms with van der Waals surface area (Å²) in [4.78, 5) is 30.4. The monoisotopic (exact) mass is 444 g/mol. The molecule has 5 heteroatoms. The van der Waals surface area contributed by atoms with Gasteiger partial charge in [-0.05, 0) is 60.7 Å². The van der Waals surface area contributed by atoms with E-state index in [0.29, 0.717) is 28.5 Å². The summed E-state index contributed by atoms with van der Waals surface area (Å²) in [6.07, 6.45) is 0. The molecule has 0 bridgehead atoms. The van der Waals surface area contributed by atoms with Crippen LogP contribution in [0.4, 0.5) is 5.69 Å². The van der Waals surface area contributed by atoms with Gasteiger partial charge in [0.2, 0.25) is 0 Å². The van der Waals surface area contributed by atoms with Gasteiger partial charge in [0.25, 0.3) is 11.8 Å². The summed E-state index contributed by atoms with van der Waals surface area (Å²) in [6, 6.07) is 21.0. The van der Waals surface area contributed by atoms with Crippen molar-refractivity contribution in [1.82, 2.24) is 4.90 Å². The molecule has 0 radical (unpaired) electrons. The van der Waals surface area contributed by atoms with Crippen LogP contribution in [-0.4, -0.2) is 23.8 Å². The van der Waals surface area contributed by atoms with Gasteiger partial charge in [-0.3, -0.25) is 9.59 Å². The first-order chi connectivity index (χ1) is 15.3. The molecule has 1 heterocycles. The highest BCUT2D eigenvalue weighted by molar-refractivity contribution is 6.45. The minimum atomic E-state index is -0.346. The van der Waals surface area contributed by atoms with E-state index in [1.807, 2.05) is 87.3 Å². The van der Waals surface area contributed by atoms with Crippen molar-refractivity contribution in [1.29, 1.82) is 0 Å². The highest BCUT2D eigenvalue weighted by Gasteiger charge is 2.42. The molecule has 4 nitrogen and oxygen atoms in total. The van der Waals surface area contributed by atoms with Crippen LogP contribution >= 0.6 is 11.6 Å². The van der Waals surface area contributed by atoms with Crippen LogP contribution in [0, 0.1) is 20.8 Å². The van der Waals surface area contributed by atoms with Gasteiger partial charge < -0.3 is 4.90 Å². The van der Waals surface area contributed by atoms with Crippen LogP contribution in [0.2, 0.25) is 5.02 Å². The van der Waals surface area contributed by atoms with E-state index in [4.69, 9.17) is 11.6 Å². The zero-order valence-electron chi connectivity index (χ0n) is 18.6. The Kier molecular flexibility index (Phi) is 5.90. The van der Waals surface area contributed by atoms with Gasteiger partial charge in [0.1, 0.15) is 5.70 Å². The highest BCUT2D eigenvalue weighted by atomic mass is 35.5. The Balaban J connectivity index is 1.83. The standard InChI is InChI=1S/C27H25ClN2O2/c1-17-10-12-21(14-19(17)3)24-25(29(4)16-20-8-6-5-7-9-20)27(32)30(26(24)31)22-13-11-18(2)23(28)15-22/h5-15H,16H2,1-4H3. The lowest BCUT2D eigenvalue weighted by Gasteiger charge is -2.22. The number of amides is 2. The molecule has 162 valence electrons.